The van der Waals surface area contributed by atoms with Gasteiger partial charge in [-0.05, 0) is 25.0 Å². The highest BCUT2D eigenvalue weighted by molar-refractivity contribution is 5.73. The van der Waals surface area contributed by atoms with Crippen molar-refractivity contribution >= 4 is 5.91 Å². The van der Waals surface area contributed by atoms with Crippen molar-refractivity contribution in [1.82, 2.24) is 9.88 Å². The average Bonchev–Trinajstić information content (AvgIpc) is 2.67. The maximum Gasteiger partial charge on any atom is 0.219 e. The molecule has 0 N–H and O–H groups in total. The summed E-state index contributed by atoms with van der Waals surface area (Å²) in [7, 11) is 0. The van der Waals surface area contributed by atoms with Gasteiger partial charge in [0.25, 0.3) is 0 Å². The molecule has 0 saturated carbocycles. The summed E-state index contributed by atoms with van der Waals surface area (Å²) in [4.78, 5) is 17.6. The van der Waals surface area contributed by atoms with Gasteiger partial charge < -0.3 is 4.90 Å². The zero-order chi connectivity index (χ0) is 10.7. The molecule has 80 valence electrons. The van der Waals surface area contributed by atoms with Crippen LogP contribution in [0, 0.1) is 0 Å². The Morgan fingerprint density at radius 1 is 1.60 bits per heavy atom. The summed E-state index contributed by atoms with van der Waals surface area (Å²) in [6.45, 7) is 2.56. The number of nitrogens with zero attached hydrogens (tertiary/aromatic N) is 2. The van der Waals surface area contributed by atoms with Gasteiger partial charge in [0.05, 0.1) is 0 Å². The number of hydrogen-bond acceptors (Lipinski definition) is 2. The molecule has 1 atom stereocenters. The summed E-state index contributed by atoms with van der Waals surface area (Å²) >= 11 is 0. The quantitative estimate of drug-likeness (QED) is 0.733. The maximum atomic E-state index is 11.4. The van der Waals surface area contributed by atoms with E-state index in [4.69, 9.17) is 0 Å². The molecule has 1 amide bonds. The molecule has 1 fully saturated rings. The third kappa shape index (κ3) is 2.35. The highest BCUT2D eigenvalue weighted by Gasteiger charge is 2.26. The van der Waals surface area contributed by atoms with Crippen molar-refractivity contribution in [1.29, 1.82) is 0 Å². The Bertz CT molecular complexity index is 337. The van der Waals surface area contributed by atoms with Crippen LogP contribution in [-0.2, 0) is 11.2 Å². The van der Waals surface area contributed by atoms with Crippen LogP contribution in [0.3, 0.4) is 0 Å². The van der Waals surface area contributed by atoms with Gasteiger partial charge in [0, 0.05) is 37.8 Å². The van der Waals surface area contributed by atoms with Crippen LogP contribution in [0.5, 0.6) is 0 Å². The number of aromatic nitrogens is 1. The lowest BCUT2D eigenvalue weighted by Crippen LogP contribution is -2.35. The second-order valence-corrected chi connectivity index (χ2v) is 4.03. The van der Waals surface area contributed by atoms with Crippen LogP contribution in [0.4, 0.5) is 0 Å². The van der Waals surface area contributed by atoms with E-state index in [1.807, 2.05) is 29.3 Å². The van der Waals surface area contributed by atoms with E-state index in [-0.39, 0.29) is 5.91 Å². The SMILES string of the molecule is CC(=O)N1CCCC1Cc1ccccn1. The minimum atomic E-state index is 0.188. The molecular formula is C12H16N2O. The fourth-order valence-corrected chi connectivity index (χ4v) is 2.22. The number of carbonyl (C=O) groups is 1. The first kappa shape index (κ1) is 10.1. The van der Waals surface area contributed by atoms with Gasteiger partial charge in [-0.1, -0.05) is 6.07 Å². The van der Waals surface area contributed by atoms with E-state index in [0.29, 0.717) is 6.04 Å². The molecule has 1 aromatic rings. The number of amides is 1. The Hall–Kier alpha value is -1.38. The Labute approximate surface area is 90.1 Å². The molecule has 1 aliphatic rings. The van der Waals surface area contributed by atoms with Crippen LogP contribution >= 0.6 is 0 Å². The molecule has 0 spiro atoms. The van der Waals surface area contributed by atoms with Gasteiger partial charge in [-0.2, -0.15) is 0 Å². The zero-order valence-electron chi connectivity index (χ0n) is 9.02. The molecule has 0 bridgehead atoms. The molecule has 0 radical (unpaired) electrons. The second-order valence-electron chi connectivity index (χ2n) is 4.03. The summed E-state index contributed by atoms with van der Waals surface area (Å²) < 4.78 is 0. The van der Waals surface area contributed by atoms with Crippen LogP contribution in [0.1, 0.15) is 25.5 Å². The predicted molar refractivity (Wildman–Crippen MR) is 58.4 cm³/mol. The molecule has 2 rings (SSSR count). The molecule has 0 aliphatic carbocycles. The summed E-state index contributed by atoms with van der Waals surface area (Å²) in [6.07, 6.45) is 4.93. The fraction of sp³-hybridized carbons (Fsp3) is 0.500. The van der Waals surface area contributed by atoms with E-state index >= 15 is 0 Å². The van der Waals surface area contributed by atoms with Crippen molar-refractivity contribution in [2.45, 2.75) is 32.2 Å². The first-order valence-corrected chi connectivity index (χ1v) is 5.44. The standard InChI is InChI=1S/C12H16N2O/c1-10(15)14-8-4-6-12(14)9-11-5-2-3-7-13-11/h2-3,5,7,12H,4,6,8-9H2,1H3. The second kappa shape index (κ2) is 4.43. The van der Waals surface area contributed by atoms with Crippen LogP contribution in [-0.4, -0.2) is 28.4 Å². The van der Waals surface area contributed by atoms with Crippen LogP contribution < -0.4 is 0 Å². The molecule has 3 nitrogen and oxygen atoms in total. The number of hydrogen-bond donors (Lipinski definition) is 0. The minimum absolute atomic E-state index is 0.188. The average molecular weight is 204 g/mol. The van der Waals surface area contributed by atoms with Gasteiger partial charge in [-0.3, -0.25) is 9.78 Å². The largest absolute Gasteiger partial charge is 0.340 e. The van der Waals surface area contributed by atoms with E-state index in [0.717, 1.165) is 31.5 Å². The number of pyridine rings is 1. The van der Waals surface area contributed by atoms with E-state index in [1.165, 1.54) is 0 Å². The lowest BCUT2D eigenvalue weighted by molar-refractivity contribution is -0.129. The Kier molecular flexibility index (Phi) is 2.99. The third-order valence-corrected chi connectivity index (χ3v) is 2.95. The van der Waals surface area contributed by atoms with E-state index in [9.17, 15) is 4.79 Å². The maximum absolute atomic E-state index is 11.4. The summed E-state index contributed by atoms with van der Waals surface area (Å²) in [6, 6.07) is 6.30. The van der Waals surface area contributed by atoms with E-state index in [1.54, 1.807) is 6.92 Å². The topological polar surface area (TPSA) is 33.2 Å². The van der Waals surface area contributed by atoms with Crippen LogP contribution in [0.25, 0.3) is 0 Å². The van der Waals surface area contributed by atoms with Crippen LogP contribution in [0.15, 0.2) is 24.4 Å². The van der Waals surface area contributed by atoms with Crippen molar-refractivity contribution in [3.05, 3.63) is 30.1 Å². The zero-order valence-corrected chi connectivity index (χ0v) is 9.02. The predicted octanol–water partition coefficient (Wildman–Crippen LogP) is 1.64. The van der Waals surface area contributed by atoms with Crippen molar-refractivity contribution in [2.24, 2.45) is 0 Å². The van der Waals surface area contributed by atoms with E-state index < -0.39 is 0 Å². The highest BCUT2D eigenvalue weighted by atomic mass is 16.2. The first-order chi connectivity index (χ1) is 7.27. The summed E-state index contributed by atoms with van der Waals surface area (Å²) in [5, 5.41) is 0. The summed E-state index contributed by atoms with van der Waals surface area (Å²) in [5.41, 5.74) is 1.08. The molecular weight excluding hydrogens is 188 g/mol. The molecule has 1 unspecified atom stereocenters. The van der Waals surface area contributed by atoms with Crippen molar-refractivity contribution < 1.29 is 4.79 Å². The number of carbonyl (C=O) groups excluding carboxylic acids is 1. The van der Waals surface area contributed by atoms with Crippen molar-refractivity contribution in [3.63, 3.8) is 0 Å². The third-order valence-electron chi connectivity index (χ3n) is 2.95. The lowest BCUT2D eigenvalue weighted by Gasteiger charge is -2.22. The Morgan fingerprint density at radius 3 is 3.13 bits per heavy atom. The smallest absolute Gasteiger partial charge is 0.219 e. The van der Waals surface area contributed by atoms with Gasteiger partial charge in [0.15, 0.2) is 0 Å². The molecule has 1 aromatic heterocycles. The molecule has 2 heterocycles. The Morgan fingerprint density at radius 2 is 2.47 bits per heavy atom. The van der Waals surface area contributed by atoms with Gasteiger partial charge >= 0.3 is 0 Å². The molecule has 1 saturated heterocycles. The fourth-order valence-electron chi connectivity index (χ4n) is 2.22. The van der Waals surface area contributed by atoms with Crippen molar-refractivity contribution in [2.75, 3.05) is 6.54 Å². The minimum Gasteiger partial charge on any atom is -0.340 e. The first-order valence-electron chi connectivity index (χ1n) is 5.44. The highest BCUT2D eigenvalue weighted by Crippen LogP contribution is 2.20. The lowest BCUT2D eigenvalue weighted by atomic mass is 10.1. The van der Waals surface area contributed by atoms with E-state index in [2.05, 4.69) is 4.98 Å². The number of rotatable bonds is 2. The van der Waals surface area contributed by atoms with Crippen LogP contribution in [0.2, 0.25) is 0 Å². The molecule has 1 aliphatic heterocycles. The van der Waals surface area contributed by atoms with Gasteiger partial charge in [-0.25, -0.2) is 0 Å². The van der Waals surface area contributed by atoms with Crippen molar-refractivity contribution in [3.8, 4) is 0 Å². The Balaban J connectivity index is 2.03. The monoisotopic (exact) mass is 204 g/mol. The van der Waals surface area contributed by atoms with Gasteiger partial charge in [0.2, 0.25) is 5.91 Å². The molecule has 3 heteroatoms. The van der Waals surface area contributed by atoms with Gasteiger partial charge in [-0.15, -0.1) is 0 Å². The normalized spacial score (nSPS) is 20.6. The molecule has 0 aromatic carbocycles. The summed E-state index contributed by atoms with van der Waals surface area (Å²) in [5.74, 6) is 0.188. The number of likely N-dealkylation sites (tertiary alicyclic amines) is 1. The molecule has 15 heavy (non-hydrogen) atoms. The van der Waals surface area contributed by atoms with Gasteiger partial charge in [0.1, 0.15) is 0 Å².